The van der Waals surface area contributed by atoms with Gasteiger partial charge in [0.25, 0.3) is 0 Å². The third kappa shape index (κ3) is 2.44. The molecule has 0 amide bonds. The molecule has 3 heterocycles. The second kappa shape index (κ2) is 6.16. The van der Waals surface area contributed by atoms with Crippen molar-refractivity contribution in [3.8, 4) is 11.3 Å². The third-order valence-corrected chi connectivity index (χ3v) is 6.41. The zero-order valence-corrected chi connectivity index (χ0v) is 16.8. The lowest BCUT2D eigenvalue weighted by Crippen LogP contribution is -2.27. The summed E-state index contributed by atoms with van der Waals surface area (Å²) in [6.07, 6.45) is 3.31. The quantitative estimate of drug-likeness (QED) is 0.358. The van der Waals surface area contributed by atoms with E-state index in [2.05, 4.69) is 90.4 Å². The molecule has 29 heavy (non-hydrogen) atoms. The predicted octanol–water partition coefficient (Wildman–Crippen LogP) is 5.53. The third-order valence-electron chi connectivity index (χ3n) is 6.41. The minimum Gasteiger partial charge on any atom is -0.350 e. The maximum Gasteiger partial charge on any atom is 0.0779 e. The molecule has 3 nitrogen and oxygen atoms in total. The molecule has 0 aliphatic carbocycles. The van der Waals surface area contributed by atoms with E-state index in [1.165, 1.54) is 43.8 Å². The van der Waals surface area contributed by atoms with E-state index >= 15 is 0 Å². The first-order valence-electron chi connectivity index (χ1n) is 10.3. The summed E-state index contributed by atoms with van der Waals surface area (Å²) < 4.78 is 2.22. The number of aromatic nitrogens is 2. The second-order valence-electron chi connectivity index (χ2n) is 8.26. The lowest BCUT2D eigenvalue weighted by molar-refractivity contribution is 0.314. The molecule has 0 N–H and O–H groups in total. The van der Waals surface area contributed by atoms with Gasteiger partial charge >= 0.3 is 0 Å². The zero-order chi connectivity index (χ0) is 19.5. The van der Waals surface area contributed by atoms with Gasteiger partial charge in [-0.1, -0.05) is 48.5 Å². The Balaban J connectivity index is 1.75. The fraction of sp³-hybridized carbons (Fsp3) is 0.192. The molecule has 142 valence electrons. The SMILES string of the molecule is CN1CCc2c(c(-c3cn(C)c4ccccc34)nc3ccc4ccccc4c23)C1. The van der Waals surface area contributed by atoms with Crippen molar-refractivity contribution in [2.24, 2.45) is 7.05 Å². The highest BCUT2D eigenvalue weighted by atomic mass is 15.1. The van der Waals surface area contributed by atoms with Gasteiger partial charge in [0.05, 0.1) is 11.2 Å². The highest BCUT2D eigenvalue weighted by Gasteiger charge is 2.24. The van der Waals surface area contributed by atoms with Gasteiger partial charge in [-0.15, -0.1) is 0 Å². The topological polar surface area (TPSA) is 21.1 Å². The maximum absolute atomic E-state index is 5.27. The Morgan fingerprint density at radius 1 is 0.828 bits per heavy atom. The lowest BCUT2D eigenvalue weighted by atomic mass is 9.89. The van der Waals surface area contributed by atoms with E-state index in [9.17, 15) is 0 Å². The first kappa shape index (κ1) is 16.8. The molecule has 0 saturated carbocycles. The van der Waals surface area contributed by atoms with Gasteiger partial charge in [0.15, 0.2) is 0 Å². The fourth-order valence-corrected chi connectivity index (χ4v) is 5.00. The summed E-state index contributed by atoms with van der Waals surface area (Å²) in [7, 11) is 4.34. The van der Waals surface area contributed by atoms with Crippen molar-refractivity contribution < 1.29 is 0 Å². The first-order valence-corrected chi connectivity index (χ1v) is 10.3. The molecule has 0 saturated heterocycles. The van der Waals surface area contributed by atoms with Crippen molar-refractivity contribution in [2.45, 2.75) is 13.0 Å². The number of benzene rings is 3. The largest absolute Gasteiger partial charge is 0.350 e. The smallest absolute Gasteiger partial charge is 0.0779 e. The highest BCUT2D eigenvalue weighted by Crippen LogP contribution is 2.39. The van der Waals surface area contributed by atoms with Crippen LogP contribution in [0.1, 0.15) is 11.1 Å². The van der Waals surface area contributed by atoms with Crippen molar-refractivity contribution in [3.05, 3.63) is 78.0 Å². The van der Waals surface area contributed by atoms with Crippen LogP contribution in [0.25, 0.3) is 43.8 Å². The Hall–Kier alpha value is -3.17. The number of nitrogens with zero attached hydrogens (tertiary/aromatic N) is 3. The molecule has 1 aliphatic heterocycles. The minimum atomic E-state index is 0.944. The second-order valence-corrected chi connectivity index (χ2v) is 8.26. The van der Waals surface area contributed by atoms with Gasteiger partial charge in [0.2, 0.25) is 0 Å². The normalized spacial score (nSPS) is 14.7. The van der Waals surface area contributed by atoms with Gasteiger partial charge in [-0.05, 0) is 47.5 Å². The number of rotatable bonds is 1. The monoisotopic (exact) mass is 377 g/mol. The number of pyridine rings is 1. The Morgan fingerprint density at radius 3 is 2.52 bits per heavy atom. The van der Waals surface area contributed by atoms with Crippen LogP contribution in [0, 0.1) is 0 Å². The lowest BCUT2D eigenvalue weighted by Gasteiger charge is -2.28. The van der Waals surface area contributed by atoms with E-state index < -0.39 is 0 Å². The van der Waals surface area contributed by atoms with Gasteiger partial charge in [-0.3, -0.25) is 0 Å². The summed E-state index contributed by atoms with van der Waals surface area (Å²) in [6, 6.07) is 21.7. The molecule has 0 spiro atoms. The van der Waals surface area contributed by atoms with Crippen LogP contribution >= 0.6 is 0 Å². The predicted molar refractivity (Wildman–Crippen MR) is 121 cm³/mol. The van der Waals surface area contributed by atoms with Crippen LogP contribution in [0.2, 0.25) is 0 Å². The Labute approximate surface area is 170 Å². The van der Waals surface area contributed by atoms with Crippen LogP contribution in [-0.4, -0.2) is 28.0 Å². The molecule has 3 aromatic carbocycles. The molecule has 0 fully saturated rings. The van der Waals surface area contributed by atoms with Gasteiger partial charge in [-0.25, -0.2) is 4.98 Å². The van der Waals surface area contributed by atoms with E-state index in [1.807, 2.05) is 0 Å². The van der Waals surface area contributed by atoms with Crippen molar-refractivity contribution in [1.29, 1.82) is 0 Å². The zero-order valence-electron chi connectivity index (χ0n) is 16.8. The number of likely N-dealkylation sites (N-methyl/N-ethyl adjacent to an activating group) is 1. The molecule has 2 aromatic heterocycles. The maximum atomic E-state index is 5.27. The summed E-state index contributed by atoms with van der Waals surface area (Å²) in [5.41, 5.74) is 7.61. The Bertz CT molecular complexity index is 1410. The molecule has 0 bridgehead atoms. The van der Waals surface area contributed by atoms with E-state index in [1.54, 1.807) is 0 Å². The molecule has 3 heteroatoms. The van der Waals surface area contributed by atoms with Gasteiger partial charge in [0, 0.05) is 48.2 Å². The van der Waals surface area contributed by atoms with Crippen molar-refractivity contribution >= 4 is 32.6 Å². The van der Waals surface area contributed by atoms with Crippen molar-refractivity contribution in [1.82, 2.24) is 14.5 Å². The van der Waals surface area contributed by atoms with Crippen LogP contribution in [0.4, 0.5) is 0 Å². The molecule has 0 unspecified atom stereocenters. The summed E-state index contributed by atoms with van der Waals surface area (Å²) >= 11 is 0. The Kier molecular flexibility index (Phi) is 3.56. The summed E-state index contributed by atoms with van der Waals surface area (Å²) in [5, 5.41) is 5.23. The summed E-state index contributed by atoms with van der Waals surface area (Å²) in [6.45, 7) is 2.03. The van der Waals surface area contributed by atoms with Crippen LogP contribution < -0.4 is 0 Å². The van der Waals surface area contributed by atoms with Crippen LogP contribution in [0.3, 0.4) is 0 Å². The van der Waals surface area contributed by atoms with E-state index in [0.29, 0.717) is 0 Å². The highest BCUT2D eigenvalue weighted by molar-refractivity contribution is 6.09. The minimum absolute atomic E-state index is 0.944. The van der Waals surface area contributed by atoms with E-state index in [0.717, 1.165) is 30.7 Å². The average molecular weight is 377 g/mol. The molecular weight excluding hydrogens is 354 g/mol. The van der Waals surface area contributed by atoms with Crippen molar-refractivity contribution in [2.75, 3.05) is 13.6 Å². The molecule has 0 atom stereocenters. The van der Waals surface area contributed by atoms with Crippen LogP contribution in [0.5, 0.6) is 0 Å². The number of aryl methyl sites for hydroxylation is 1. The molecule has 0 radical (unpaired) electrons. The van der Waals surface area contributed by atoms with Gasteiger partial charge < -0.3 is 9.47 Å². The van der Waals surface area contributed by atoms with Gasteiger partial charge in [0.1, 0.15) is 0 Å². The standard InChI is InChI=1S/C26H23N3/c1-28-14-13-20-21(15-28)26(22-16-29(2)24-10-6-5-9-19(22)24)27-23-12-11-17-7-3-4-8-18(17)25(20)23/h3-12,16H,13-15H2,1-2H3. The molecule has 5 aromatic rings. The Morgan fingerprint density at radius 2 is 1.62 bits per heavy atom. The number of para-hydroxylation sites is 1. The number of hydrogen-bond donors (Lipinski definition) is 0. The average Bonchev–Trinajstić information content (AvgIpc) is 3.09. The van der Waals surface area contributed by atoms with Crippen molar-refractivity contribution in [3.63, 3.8) is 0 Å². The summed E-state index contributed by atoms with van der Waals surface area (Å²) in [5.74, 6) is 0. The molecule has 6 rings (SSSR count). The van der Waals surface area contributed by atoms with Crippen LogP contribution in [-0.2, 0) is 20.0 Å². The summed E-state index contributed by atoms with van der Waals surface area (Å²) in [4.78, 5) is 7.68. The van der Waals surface area contributed by atoms with Crippen LogP contribution in [0.15, 0.2) is 66.9 Å². The number of fused-ring (bicyclic) bond motifs is 6. The van der Waals surface area contributed by atoms with E-state index in [-0.39, 0.29) is 0 Å². The number of hydrogen-bond acceptors (Lipinski definition) is 2. The molecule has 1 aliphatic rings. The fourth-order valence-electron chi connectivity index (χ4n) is 5.00. The molecular formula is C26H23N3. The van der Waals surface area contributed by atoms with Gasteiger partial charge in [-0.2, -0.15) is 0 Å². The van der Waals surface area contributed by atoms with E-state index in [4.69, 9.17) is 4.98 Å². The first-order chi connectivity index (χ1) is 14.2.